The molecule has 0 aliphatic heterocycles. The Morgan fingerprint density at radius 1 is 1.00 bits per heavy atom. The zero-order chi connectivity index (χ0) is 14.2. The van der Waals surface area contributed by atoms with E-state index < -0.39 is 0 Å². The van der Waals surface area contributed by atoms with Crippen LogP contribution in [-0.4, -0.2) is 18.9 Å². The van der Waals surface area contributed by atoms with Crippen molar-refractivity contribution in [1.82, 2.24) is 0 Å². The topological polar surface area (TPSA) is 43.4 Å². The summed E-state index contributed by atoms with van der Waals surface area (Å²) in [6.45, 7) is 0.353. The van der Waals surface area contributed by atoms with E-state index in [0.717, 1.165) is 11.8 Å². The lowest BCUT2D eigenvalue weighted by atomic mass is 10.1. The van der Waals surface area contributed by atoms with Gasteiger partial charge in [0.25, 0.3) is 0 Å². The number of benzene rings is 2. The molecule has 0 fully saturated rings. The van der Waals surface area contributed by atoms with Gasteiger partial charge < -0.3 is 4.74 Å². The maximum absolute atomic E-state index is 11.7. The summed E-state index contributed by atoms with van der Waals surface area (Å²) in [6, 6.07) is 16.9. The molecule has 0 radical (unpaired) electrons. The van der Waals surface area contributed by atoms with Crippen LogP contribution in [0.25, 0.3) is 0 Å². The molecule has 0 atom stereocenters. The SMILES string of the molecule is O=Cc1ccccc1CC(=O)OCCc1ccccc1. The van der Waals surface area contributed by atoms with E-state index in [1.807, 2.05) is 30.3 Å². The summed E-state index contributed by atoms with van der Waals surface area (Å²) in [4.78, 5) is 22.6. The summed E-state index contributed by atoms with van der Waals surface area (Å²) < 4.78 is 5.19. The van der Waals surface area contributed by atoms with E-state index >= 15 is 0 Å². The molecule has 3 heteroatoms. The van der Waals surface area contributed by atoms with Crippen LogP contribution < -0.4 is 0 Å². The predicted molar refractivity (Wildman–Crippen MR) is 76.6 cm³/mol. The monoisotopic (exact) mass is 268 g/mol. The number of aldehydes is 1. The second kappa shape index (κ2) is 7.24. The van der Waals surface area contributed by atoms with Gasteiger partial charge in [0.05, 0.1) is 13.0 Å². The maximum Gasteiger partial charge on any atom is 0.310 e. The minimum absolute atomic E-state index is 0.129. The van der Waals surface area contributed by atoms with E-state index in [2.05, 4.69) is 0 Å². The van der Waals surface area contributed by atoms with Gasteiger partial charge in [-0.3, -0.25) is 9.59 Å². The van der Waals surface area contributed by atoms with Gasteiger partial charge in [0.1, 0.15) is 6.29 Å². The van der Waals surface area contributed by atoms with Crippen molar-refractivity contribution in [3.63, 3.8) is 0 Å². The van der Waals surface area contributed by atoms with Crippen LogP contribution in [0.5, 0.6) is 0 Å². The minimum atomic E-state index is -0.310. The Morgan fingerprint density at radius 3 is 2.45 bits per heavy atom. The quantitative estimate of drug-likeness (QED) is 0.597. The number of carbonyl (C=O) groups excluding carboxylic acids is 2. The summed E-state index contributed by atoms with van der Waals surface area (Å²) in [5.41, 5.74) is 2.37. The third kappa shape index (κ3) is 4.05. The van der Waals surface area contributed by atoms with Gasteiger partial charge in [-0.15, -0.1) is 0 Å². The fraction of sp³-hybridized carbons (Fsp3) is 0.176. The highest BCUT2D eigenvalue weighted by atomic mass is 16.5. The molecule has 2 aromatic carbocycles. The lowest BCUT2D eigenvalue weighted by Crippen LogP contribution is -2.11. The molecule has 0 bridgehead atoms. The first-order valence-corrected chi connectivity index (χ1v) is 6.52. The molecule has 2 rings (SSSR count). The Balaban J connectivity index is 1.82. The normalized spacial score (nSPS) is 10.0. The molecule has 20 heavy (non-hydrogen) atoms. The predicted octanol–water partition coefficient (Wildman–Crippen LogP) is 2.83. The summed E-state index contributed by atoms with van der Waals surface area (Å²) in [5, 5.41) is 0. The molecular weight excluding hydrogens is 252 g/mol. The van der Waals surface area contributed by atoms with Crippen LogP contribution in [0, 0.1) is 0 Å². The molecule has 0 aromatic heterocycles. The lowest BCUT2D eigenvalue weighted by molar-refractivity contribution is -0.142. The molecule has 2 aromatic rings. The number of hydrogen-bond acceptors (Lipinski definition) is 3. The highest BCUT2D eigenvalue weighted by Crippen LogP contribution is 2.08. The molecule has 0 heterocycles. The molecule has 0 N–H and O–H groups in total. The highest BCUT2D eigenvalue weighted by Gasteiger charge is 2.08. The third-order valence-corrected chi connectivity index (χ3v) is 3.01. The first-order chi connectivity index (χ1) is 9.79. The third-order valence-electron chi connectivity index (χ3n) is 3.01. The molecule has 0 aliphatic carbocycles. The van der Waals surface area contributed by atoms with Gasteiger partial charge in [-0.2, -0.15) is 0 Å². The van der Waals surface area contributed by atoms with E-state index in [1.165, 1.54) is 0 Å². The maximum atomic E-state index is 11.7. The molecular formula is C17H16O3. The number of hydrogen-bond donors (Lipinski definition) is 0. The van der Waals surface area contributed by atoms with Gasteiger partial charge >= 0.3 is 5.97 Å². The van der Waals surface area contributed by atoms with Crippen molar-refractivity contribution in [2.75, 3.05) is 6.61 Å². The second-order valence-corrected chi connectivity index (χ2v) is 4.45. The van der Waals surface area contributed by atoms with Crippen molar-refractivity contribution in [2.45, 2.75) is 12.8 Å². The Hall–Kier alpha value is -2.42. The Labute approximate surface area is 118 Å². The second-order valence-electron chi connectivity index (χ2n) is 4.45. The Morgan fingerprint density at radius 2 is 1.70 bits per heavy atom. The van der Waals surface area contributed by atoms with Gasteiger partial charge in [0, 0.05) is 12.0 Å². The van der Waals surface area contributed by atoms with Gasteiger partial charge in [0.2, 0.25) is 0 Å². The number of ether oxygens (including phenoxy) is 1. The van der Waals surface area contributed by atoms with Crippen LogP contribution >= 0.6 is 0 Å². The van der Waals surface area contributed by atoms with Crippen molar-refractivity contribution in [3.8, 4) is 0 Å². The molecule has 0 saturated carbocycles. The van der Waals surface area contributed by atoms with Crippen LogP contribution in [0.1, 0.15) is 21.5 Å². The fourth-order valence-corrected chi connectivity index (χ4v) is 1.94. The number of rotatable bonds is 6. The van der Waals surface area contributed by atoms with Crippen LogP contribution in [-0.2, 0) is 22.4 Å². The Bertz CT molecular complexity index is 576. The zero-order valence-corrected chi connectivity index (χ0v) is 11.1. The van der Waals surface area contributed by atoms with E-state index in [9.17, 15) is 9.59 Å². The van der Waals surface area contributed by atoms with Gasteiger partial charge in [-0.05, 0) is 11.1 Å². The van der Waals surface area contributed by atoms with Crippen molar-refractivity contribution in [2.24, 2.45) is 0 Å². The number of esters is 1. The van der Waals surface area contributed by atoms with Crippen molar-refractivity contribution in [1.29, 1.82) is 0 Å². The van der Waals surface area contributed by atoms with E-state index in [4.69, 9.17) is 4.74 Å². The van der Waals surface area contributed by atoms with Crippen molar-refractivity contribution in [3.05, 3.63) is 71.3 Å². The first kappa shape index (κ1) is 14.0. The average molecular weight is 268 g/mol. The van der Waals surface area contributed by atoms with Gasteiger partial charge in [-0.1, -0.05) is 54.6 Å². The van der Waals surface area contributed by atoms with Crippen molar-refractivity contribution >= 4 is 12.3 Å². The molecule has 0 saturated heterocycles. The molecule has 3 nitrogen and oxygen atoms in total. The van der Waals surface area contributed by atoms with E-state index in [0.29, 0.717) is 24.2 Å². The van der Waals surface area contributed by atoms with Crippen LogP contribution in [0.2, 0.25) is 0 Å². The van der Waals surface area contributed by atoms with Gasteiger partial charge in [0.15, 0.2) is 0 Å². The summed E-state index contributed by atoms with van der Waals surface area (Å²) in [7, 11) is 0. The lowest BCUT2D eigenvalue weighted by Gasteiger charge is -2.06. The van der Waals surface area contributed by atoms with Crippen LogP contribution in [0.15, 0.2) is 54.6 Å². The first-order valence-electron chi connectivity index (χ1n) is 6.52. The summed E-state index contributed by atoms with van der Waals surface area (Å²) in [6.07, 6.45) is 1.58. The minimum Gasteiger partial charge on any atom is -0.465 e. The van der Waals surface area contributed by atoms with Crippen molar-refractivity contribution < 1.29 is 14.3 Å². The molecule has 0 aliphatic rings. The van der Waals surface area contributed by atoms with Crippen LogP contribution in [0.4, 0.5) is 0 Å². The van der Waals surface area contributed by atoms with Crippen LogP contribution in [0.3, 0.4) is 0 Å². The molecule has 0 unspecified atom stereocenters. The molecule has 102 valence electrons. The molecule has 0 amide bonds. The fourth-order valence-electron chi connectivity index (χ4n) is 1.94. The number of carbonyl (C=O) groups is 2. The molecule has 0 spiro atoms. The van der Waals surface area contributed by atoms with Gasteiger partial charge in [-0.25, -0.2) is 0 Å². The smallest absolute Gasteiger partial charge is 0.310 e. The van der Waals surface area contributed by atoms with E-state index in [1.54, 1.807) is 24.3 Å². The standard InChI is InChI=1S/C17H16O3/c18-13-16-9-5-4-8-15(16)12-17(19)20-11-10-14-6-2-1-3-7-14/h1-9,13H,10-12H2. The summed E-state index contributed by atoms with van der Waals surface area (Å²) in [5.74, 6) is -0.310. The van der Waals surface area contributed by atoms with E-state index in [-0.39, 0.29) is 12.4 Å². The average Bonchev–Trinajstić information content (AvgIpc) is 2.49. The highest BCUT2D eigenvalue weighted by molar-refractivity contribution is 5.81. The largest absolute Gasteiger partial charge is 0.465 e. The zero-order valence-electron chi connectivity index (χ0n) is 11.1. The summed E-state index contributed by atoms with van der Waals surface area (Å²) >= 11 is 0. The Kier molecular flexibility index (Phi) is 5.07.